The Labute approximate surface area is 166 Å². The zero-order valence-corrected chi connectivity index (χ0v) is 16.2. The molecule has 0 atom stereocenters. The third-order valence-corrected chi connectivity index (χ3v) is 4.94. The minimum absolute atomic E-state index is 0.0312. The first kappa shape index (κ1) is 19.7. The van der Waals surface area contributed by atoms with Crippen molar-refractivity contribution in [3.63, 3.8) is 0 Å². The predicted octanol–water partition coefficient (Wildman–Crippen LogP) is 3.26. The van der Waals surface area contributed by atoms with Gasteiger partial charge in [-0.25, -0.2) is 0 Å². The summed E-state index contributed by atoms with van der Waals surface area (Å²) < 4.78 is 5.23. The SMILES string of the molecule is Cc1ccccc1CN1CCN(C(=O)/C=C/c2ccc(OCC#N)cc2)CC1. The van der Waals surface area contributed by atoms with Crippen LogP contribution in [0.5, 0.6) is 5.75 Å². The fourth-order valence-electron chi connectivity index (χ4n) is 3.22. The van der Waals surface area contributed by atoms with Crippen molar-refractivity contribution in [3.8, 4) is 11.8 Å². The van der Waals surface area contributed by atoms with Crippen LogP contribution < -0.4 is 4.74 Å². The third-order valence-electron chi connectivity index (χ3n) is 4.94. The van der Waals surface area contributed by atoms with Crippen LogP contribution >= 0.6 is 0 Å². The number of nitriles is 1. The second kappa shape index (κ2) is 9.72. The number of carbonyl (C=O) groups is 1. The van der Waals surface area contributed by atoms with E-state index >= 15 is 0 Å². The number of carbonyl (C=O) groups excluding carboxylic acids is 1. The molecular weight excluding hydrogens is 350 g/mol. The van der Waals surface area contributed by atoms with Crippen LogP contribution in [-0.4, -0.2) is 48.5 Å². The summed E-state index contributed by atoms with van der Waals surface area (Å²) in [4.78, 5) is 16.8. The minimum atomic E-state index is 0.0312. The average molecular weight is 375 g/mol. The van der Waals surface area contributed by atoms with E-state index in [4.69, 9.17) is 10.00 Å². The molecule has 0 aliphatic carbocycles. The van der Waals surface area contributed by atoms with Crippen LogP contribution in [0.2, 0.25) is 0 Å². The fraction of sp³-hybridized carbons (Fsp3) is 0.304. The Kier molecular flexibility index (Phi) is 6.83. The van der Waals surface area contributed by atoms with E-state index in [1.165, 1.54) is 11.1 Å². The maximum atomic E-state index is 12.5. The van der Waals surface area contributed by atoms with Crippen molar-refractivity contribution in [2.75, 3.05) is 32.8 Å². The lowest BCUT2D eigenvalue weighted by Gasteiger charge is -2.34. The van der Waals surface area contributed by atoms with Crippen LogP contribution in [0.15, 0.2) is 54.6 Å². The molecule has 144 valence electrons. The van der Waals surface area contributed by atoms with Crippen molar-refractivity contribution in [3.05, 3.63) is 71.3 Å². The molecule has 0 spiro atoms. The molecule has 0 saturated carbocycles. The van der Waals surface area contributed by atoms with Crippen LogP contribution in [0.25, 0.3) is 6.08 Å². The van der Waals surface area contributed by atoms with Gasteiger partial charge in [-0.2, -0.15) is 5.26 Å². The highest BCUT2D eigenvalue weighted by atomic mass is 16.5. The molecule has 1 heterocycles. The summed E-state index contributed by atoms with van der Waals surface area (Å²) in [6, 6.07) is 17.7. The van der Waals surface area contributed by atoms with Gasteiger partial charge in [0, 0.05) is 38.8 Å². The van der Waals surface area contributed by atoms with E-state index < -0.39 is 0 Å². The van der Waals surface area contributed by atoms with Gasteiger partial charge in [0.05, 0.1) is 0 Å². The zero-order valence-electron chi connectivity index (χ0n) is 16.2. The van der Waals surface area contributed by atoms with Gasteiger partial charge in [0.2, 0.25) is 5.91 Å². The van der Waals surface area contributed by atoms with E-state index in [1.54, 1.807) is 18.2 Å². The lowest BCUT2D eigenvalue weighted by atomic mass is 10.1. The smallest absolute Gasteiger partial charge is 0.246 e. The summed E-state index contributed by atoms with van der Waals surface area (Å²) in [6.45, 7) is 6.38. The quantitative estimate of drug-likeness (QED) is 0.727. The van der Waals surface area contributed by atoms with E-state index in [2.05, 4.69) is 36.1 Å². The van der Waals surface area contributed by atoms with Crippen molar-refractivity contribution >= 4 is 12.0 Å². The average Bonchev–Trinajstić information content (AvgIpc) is 2.73. The summed E-state index contributed by atoms with van der Waals surface area (Å²) in [7, 11) is 0. The Morgan fingerprint density at radius 2 is 1.82 bits per heavy atom. The van der Waals surface area contributed by atoms with Gasteiger partial charge in [-0.15, -0.1) is 0 Å². The van der Waals surface area contributed by atoms with Crippen LogP contribution in [0.3, 0.4) is 0 Å². The lowest BCUT2D eigenvalue weighted by Crippen LogP contribution is -2.47. The highest BCUT2D eigenvalue weighted by Crippen LogP contribution is 2.15. The topological polar surface area (TPSA) is 56.6 Å². The van der Waals surface area contributed by atoms with Crippen molar-refractivity contribution in [1.82, 2.24) is 9.80 Å². The molecule has 28 heavy (non-hydrogen) atoms. The van der Waals surface area contributed by atoms with Gasteiger partial charge in [-0.1, -0.05) is 36.4 Å². The summed E-state index contributed by atoms with van der Waals surface area (Å²) in [5.74, 6) is 0.690. The Morgan fingerprint density at radius 1 is 1.11 bits per heavy atom. The first-order chi connectivity index (χ1) is 13.7. The minimum Gasteiger partial charge on any atom is -0.479 e. The molecular formula is C23H25N3O2. The standard InChI is InChI=1S/C23H25N3O2/c1-19-4-2-3-5-21(19)18-25-13-15-26(16-14-25)23(27)11-8-20-6-9-22(10-7-20)28-17-12-24/h2-11H,13-18H2,1H3/b11-8+. The monoisotopic (exact) mass is 375 g/mol. The number of benzene rings is 2. The number of hydrogen-bond donors (Lipinski definition) is 0. The highest BCUT2D eigenvalue weighted by molar-refractivity contribution is 5.91. The number of hydrogen-bond acceptors (Lipinski definition) is 4. The largest absolute Gasteiger partial charge is 0.479 e. The van der Waals surface area contributed by atoms with Gasteiger partial charge in [-0.3, -0.25) is 9.69 Å². The molecule has 5 nitrogen and oxygen atoms in total. The molecule has 0 N–H and O–H groups in total. The third kappa shape index (κ3) is 5.45. The van der Waals surface area contributed by atoms with Crippen LogP contribution in [0.4, 0.5) is 0 Å². The van der Waals surface area contributed by atoms with Gasteiger partial charge in [-0.05, 0) is 41.8 Å². The number of piperazine rings is 1. The number of amides is 1. The Hall–Kier alpha value is -3.10. The molecule has 2 aromatic rings. The maximum absolute atomic E-state index is 12.5. The molecule has 0 bridgehead atoms. The van der Waals surface area contributed by atoms with Gasteiger partial charge in [0.15, 0.2) is 6.61 Å². The second-order valence-corrected chi connectivity index (χ2v) is 6.88. The number of nitrogens with zero attached hydrogens (tertiary/aromatic N) is 3. The summed E-state index contributed by atoms with van der Waals surface area (Å²) in [6.07, 6.45) is 3.44. The van der Waals surface area contributed by atoms with Crippen molar-refractivity contribution in [2.45, 2.75) is 13.5 Å². The van der Waals surface area contributed by atoms with Gasteiger partial charge in [0.1, 0.15) is 11.8 Å². The van der Waals surface area contributed by atoms with Crippen LogP contribution in [-0.2, 0) is 11.3 Å². The first-order valence-electron chi connectivity index (χ1n) is 9.49. The van der Waals surface area contributed by atoms with Gasteiger partial charge in [0.25, 0.3) is 0 Å². The first-order valence-corrected chi connectivity index (χ1v) is 9.49. The Morgan fingerprint density at radius 3 is 2.50 bits per heavy atom. The van der Waals surface area contributed by atoms with E-state index in [0.29, 0.717) is 5.75 Å². The maximum Gasteiger partial charge on any atom is 0.246 e. The zero-order chi connectivity index (χ0) is 19.8. The lowest BCUT2D eigenvalue weighted by molar-refractivity contribution is -0.127. The second-order valence-electron chi connectivity index (χ2n) is 6.88. The molecule has 0 unspecified atom stereocenters. The van der Waals surface area contributed by atoms with Crippen molar-refractivity contribution < 1.29 is 9.53 Å². The Balaban J connectivity index is 1.48. The number of ether oxygens (including phenoxy) is 1. The van der Waals surface area contributed by atoms with E-state index in [-0.39, 0.29) is 12.5 Å². The molecule has 2 aromatic carbocycles. The molecule has 1 fully saturated rings. The predicted molar refractivity (Wildman–Crippen MR) is 110 cm³/mol. The summed E-state index contributed by atoms with van der Waals surface area (Å²) >= 11 is 0. The number of aryl methyl sites for hydroxylation is 1. The van der Waals surface area contributed by atoms with E-state index in [0.717, 1.165) is 38.3 Å². The molecule has 5 heteroatoms. The van der Waals surface area contributed by atoms with Gasteiger partial charge < -0.3 is 9.64 Å². The molecule has 0 radical (unpaired) electrons. The summed E-state index contributed by atoms with van der Waals surface area (Å²) in [5, 5.41) is 8.52. The van der Waals surface area contributed by atoms with Crippen LogP contribution in [0.1, 0.15) is 16.7 Å². The normalized spacial score (nSPS) is 14.8. The number of rotatable bonds is 6. The van der Waals surface area contributed by atoms with Crippen molar-refractivity contribution in [1.29, 1.82) is 5.26 Å². The molecule has 1 amide bonds. The molecule has 1 saturated heterocycles. The molecule has 1 aliphatic heterocycles. The molecule has 1 aliphatic rings. The van der Waals surface area contributed by atoms with Gasteiger partial charge >= 0.3 is 0 Å². The van der Waals surface area contributed by atoms with E-state index in [1.807, 2.05) is 29.2 Å². The summed E-state index contributed by atoms with van der Waals surface area (Å²) in [5.41, 5.74) is 3.59. The highest BCUT2D eigenvalue weighted by Gasteiger charge is 2.19. The molecule has 3 rings (SSSR count). The van der Waals surface area contributed by atoms with Crippen molar-refractivity contribution in [2.24, 2.45) is 0 Å². The fourth-order valence-corrected chi connectivity index (χ4v) is 3.22. The Bertz CT molecular complexity index is 860. The molecule has 0 aromatic heterocycles. The van der Waals surface area contributed by atoms with E-state index in [9.17, 15) is 4.79 Å². The van der Waals surface area contributed by atoms with Crippen LogP contribution in [0, 0.1) is 18.3 Å².